The molecule has 86 valence electrons. The van der Waals surface area contributed by atoms with Crippen LogP contribution in [0.25, 0.3) is 0 Å². The SMILES string of the molecule is OC(F)C(F)(F)C(F)(F)C(F)(F)CF. The third kappa shape index (κ3) is 1.77. The normalized spacial score (nSPS) is 16.9. The minimum Gasteiger partial charge on any atom is -0.359 e. The molecule has 0 amide bonds. The Kier molecular flexibility index (Phi) is 3.37. The molecule has 0 rings (SSSR count). The van der Waals surface area contributed by atoms with Crippen molar-refractivity contribution in [1.82, 2.24) is 0 Å². The van der Waals surface area contributed by atoms with E-state index < -0.39 is 30.8 Å². The zero-order valence-corrected chi connectivity index (χ0v) is 6.26. The van der Waals surface area contributed by atoms with Gasteiger partial charge in [-0.1, -0.05) is 0 Å². The summed E-state index contributed by atoms with van der Waals surface area (Å²) in [5.41, 5.74) is 0. The van der Waals surface area contributed by atoms with E-state index in [1.165, 1.54) is 0 Å². The van der Waals surface area contributed by atoms with Gasteiger partial charge < -0.3 is 5.11 Å². The molecule has 0 aliphatic heterocycles. The molecule has 1 atom stereocenters. The molecule has 9 heteroatoms. The van der Waals surface area contributed by atoms with E-state index in [0.29, 0.717) is 0 Å². The van der Waals surface area contributed by atoms with E-state index in [1.807, 2.05) is 0 Å². The van der Waals surface area contributed by atoms with Gasteiger partial charge in [0, 0.05) is 0 Å². The molecule has 0 aromatic carbocycles. The highest BCUT2D eigenvalue weighted by atomic mass is 19.4. The van der Waals surface area contributed by atoms with Crippen LogP contribution in [0.4, 0.5) is 35.1 Å². The molecule has 0 aromatic heterocycles. The molecule has 0 saturated heterocycles. The van der Waals surface area contributed by atoms with Gasteiger partial charge in [0.1, 0.15) is 0 Å². The summed E-state index contributed by atoms with van der Waals surface area (Å²) in [5.74, 6) is -18.1. The van der Waals surface area contributed by atoms with Crippen molar-refractivity contribution < 1.29 is 40.2 Å². The van der Waals surface area contributed by atoms with Crippen LogP contribution in [0.15, 0.2) is 0 Å². The van der Waals surface area contributed by atoms with E-state index in [0.717, 1.165) is 0 Å². The molecule has 1 nitrogen and oxygen atoms in total. The van der Waals surface area contributed by atoms with Gasteiger partial charge in [-0.15, -0.1) is 0 Å². The monoisotopic (exact) mass is 232 g/mol. The van der Waals surface area contributed by atoms with E-state index in [-0.39, 0.29) is 0 Å². The fourth-order valence-corrected chi connectivity index (χ4v) is 0.477. The standard InChI is InChI=1S/C5H4F8O/c6-1-3(8,9)5(12,13)4(10,11)2(7)14/h2,14H,1H2. The maximum atomic E-state index is 12.1. The van der Waals surface area contributed by atoms with Gasteiger partial charge in [0.15, 0.2) is 6.67 Å². The Hall–Kier alpha value is -0.600. The lowest BCUT2D eigenvalue weighted by molar-refractivity contribution is -0.350. The van der Waals surface area contributed by atoms with E-state index >= 15 is 0 Å². The topological polar surface area (TPSA) is 20.2 Å². The molecule has 0 aliphatic carbocycles. The molecule has 0 fully saturated rings. The summed E-state index contributed by atoms with van der Waals surface area (Å²) in [5, 5.41) is 7.52. The zero-order chi connectivity index (χ0) is 11.8. The van der Waals surface area contributed by atoms with Crippen LogP contribution in [0.2, 0.25) is 0 Å². The first kappa shape index (κ1) is 13.4. The van der Waals surface area contributed by atoms with Crippen molar-refractivity contribution in [3.05, 3.63) is 0 Å². The molecule has 0 aliphatic rings. The number of hydrogen-bond acceptors (Lipinski definition) is 1. The molecule has 0 bridgehead atoms. The molecular weight excluding hydrogens is 228 g/mol. The predicted octanol–water partition coefficient (Wildman–Crippen LogP) is 2.15. The highest BCUT2D eigenvalue weighted by Gasteiger charge is 2.74. The molecule has 0 spiro atoms. The fraction of sp³-hybridized carbons (Fsp3) is 1.00. The van der Waals surface area contributed by atoms with Crippen molar-refractivity contribution in [1.29, 1.82) is 0 Å². The second-order valence-electron chi connectivity index (χ2n) is 2.37. The van der Waals surface area contributed by atoms with Crippen molar-refractivity contribution >= 4 is 0 Å². The van der Waals surface area contributed by atoms with Gasteiger partial charge >= 0.3 is 17.8 Å². The summed E-state index contributed by atoms with van der Waals surface area (Å²) in [7, 11) is 0. The molecule has 0 radical (unpaired) electrons. The van der Waals surface area contributed by atoms with Crippen LogP contribution in [-0.4, -0.2) is 35.9 Å². The van der Waals surface area contributed by atoms with Gasteiger partial charge in [0.25, 0.3) is 6.36 Å². The minimum atomic E-state index is -6.30. The summed E-state index contributed by atoms with van der Waals surface area (Å²) in [6.07, 6.45) is -4.50. The largest absolute Gasteiger partial charge is 0.380 e. The van der Waals surface area contributed by atoms with Crippen LogP contribution in [0.3, 0.4) is 0 Å². The molecule has 0 saturated carbocycles. The Morgan fingerprint density at radius 2 is 1.36 bits per heavy atom. The van der Waals surface area contributed by atoms with Crippen LogP contribution in [0, 0.1) is 0 Å². The van der Waals surface area contributed by atoms with Gasteiger partial charge in [0.2, 0.25) is 0 Å². The number of alkyl halides is 8. The van der Waals surface area contributed by atoms with E-state index in [9.17, 15) is 35.1 Å². The Balaban J connectivity index is 5.14. The maximum absolute atomic E-state index is 12.1. The minimum absolute atomic E-state index is 3.09. The smallest absolute Gasteiger partial charge is 0.359 e. The van der Waals surface area contributed by atoms with Gasteiger partial charge in [-0.2, -0.15) is 26.3 Å². The Morgan fingerprint density at radius 1 is 1.00 bits per heavy atom. The van der Waals surface area contributed by atoms with Crippen LogP contribution in [-0.2, 0) is 0 Å². The lowest BCUT2D eigenvalue weighted by atomic mass is 10.1. The zero-order valence-electron chi connectivity index (χ0n) is 6.26. The van der Waals surface area contributed by atoms with Gasteiger partial charge in [-0.05, 0) is 0 Å². The van der Waals surface area contributed by atoms with Gasteiger partial charge in [0.05, 0.1) is 0 Å². The molecule has 1 N–H and O–H groups in total. The van der Waals surface area contributed by atoms with Crippen molar-refractivity contribution in [3.63, 3.8) is 0 Å². The summed E-state index contributed by atoms with van der Waals surface area (Å²) in [4.78, 5) is 0. The third-order valence-electron chi connectivity index (χ3n) is 1.34. The van der Waals surface area contributed by atoms with E-state index in [1.54, 1.807) is 0 Å². The number of aliphatic hydroxyl groups is 1. The first-order valence-electron chi connectivity index (χ1n) is 3.02. The Bertz CT molecular complexity index is 200. The van der Waals surface area contributed by atoms with Crippen LogP contribution >= 0.6 is 0 Å². The lowest BCUT2D eigenvalue weighted by Crippen LogP contribution is -2.59. The number of hydrogen-bond donors (Lipinski definition) is 1. The summed E-state index contributed by atoms with van der Waals surface area (Å²) < 4.78 is 94.8. The highest BCUT2D eigenvalue weighted by molar-refractivity contribution is 4.97. The Morgan fingerprint density at radius 3 is 1.57 bits per heavy atom. The van der Waals surface area contributed by atoms with Gasteiger partial charge in [-0.3, -0.25) is 0 Å². The summed E-state index contributed by atoms with van der Waals surface area (Å²) in [6, 6.07) is 0. The molecule has 0 heterocycles. The average Bonchev–Trinajstić information content (AvgIpc) is 2.03. The van der Waals surface area contributed by atoms with Crippen molar-refractivity contribution in [2.75, 3.05) is 6.67 Å². The number of halogens is 8. The molecular formula is C5H4F8O. The highest BCUT2D eigenvalue weighted by Crippen LogP contribution is 2.47. The first-order chi connectivity index (χ1) is 6.00. The molecule has 1 unspecified atom stereocenters. The summed E-state index contributed by atoms with van der Waals surface area (Å²) >= 11 is 0. The summed E-state index contributed by atoms with van der Waals surface area (Å²) in [6.45, 7) is -3.09. The maximum Gasteiger partial charge on any atom is 0.380 e. The van der Waals surface area contributed by atoms with Gasteiger partial charge in [-0.25, -0.2) is 8.78 Å². The number of aliphatic hydroxyl groups excluding tert-OH is 1. The Labute approximate surface area is 72.3 Å². The quantitative estimate of drug-likeness (QED) is 0.736. The molecule has 0 aromatic rings. The lowest BCUT2D eigenvalue weighted by Gasteiger charge is -2.31. The fourth-order valence-electron chi connectivity index (χ4n) is 0.477. The average molecular weight is 232 g/mol. The second kappa shape index (κ2) is 3.52. The van der Waals surface area contributed by atoms with Crippen molar-refractivity contribution in [2.24, 2.45) is 0 Å². The van der Waals surface area contributed by atoms with Crippen LogP contribution in [0.1, 0.15) is 0 Å². The van der Waals surface area contributed by atoms with E-state index in [2.05, 4.69) is 0 Å². The predicted molar refractivity (Wildman–Crippen MR) is 27.9 cm³/mol. The third-order valence-corrected chi connectivity index (χ3v) is 1.34. The number of rotatable bonds is 4. The second-order valence-corrected chi connectivity index (χ2v) is 2.37. The van der Waals surface area contributed by atoms with E-state index in [4.69, 9.17) is 5.11 Å². The molecule has 14 heavy (non-hydrogen) atoms. The van der Waals surface area contributed by atoms with Crippen molar-refractivity contribution in [2.45, 2.75) is 24.1 Å². The van der Waals surface area contributed by atoms with Crippen LogP contribution < -0.4 is 0 Å². The first-order valence-corrected chi connectivity index (χ1v) is 3.02. The van der Waals surface area contributed by atoms with Crippen LogP contribution in [0.5, 0.6) is 0 Å². The van der Waals surface area contributed by atoms with Crippen molar-refractivity contribution in [3.8, 4) is 0 Å².